The van der Waals surface area contributed by atoms with Gasteiger partial charge in [-0.2, -0.15) is 0 Å². The molecule has 0 saturated carbocycles. The Morgan fingerprint density at radius 2 is 2.05 bits per heavy atom. The number of benzene rings is 1. The molecular formula is C14H17Cl2N3S. The van der Waals surface area contributed by atoms with Gasteiger partial charge in [0.2, 0.25) is 0 Å². The van der Waals surface area contributed by atoms with Gasteiger partial charge in [0.25, 0.3) is 0 Å². The van der Waals surface area contributed by atoms with Crippen LogP contribution in [0.2, 0.25) is 4.34 Å². The zero-order valence-electron chi connectivity index (χ0n) is 10.9. The Bertz CT molecular complexity index is 546. The minimum Gasteiger partial charge on any atom is -0.326 e. The number of hydrogen-bond donors (Lipinski definition) is 1. The molecule has 2 atom stereocenters. The quantitative estimate of drug-likeness (QED) is 0.940. The van der Waals surface area contributed by atoms with Crippen molar-refractivity contribution in [3.05, 3.63) is 51.4 Å². The molecule has 1 saturated heterocycles. The summed E-state index contributed by atoms with van der Waals surface area (Å²) in [5.74, 6) is 0.414. The summed E-state index contributed by atoms with van der Waals surface area (Å²) in [4.78, 5) is 6.66. The molecule has 3 rings (SSSR count). The summed E-state index contributed by atoms with van der Waals surface area (Å²) in [6, 6.07) is 10.7. The largest absolute Gasteiger partial charge is 0.326 e. The molecule has 0 spiro atoms. The van der Waals surface area contributed by atoms with Gasteiger partial charge < -0.3 is 5.73 Å². The van der Waals surface area contributed by atoms with Crippen molar-refractivity contribution in [3.63, 3.8) is 0 Å². The molecule has 2 heterocycles. The van der Waals surface area contributed by atoms with Crippen LogP contribution in [0.15, 0.2) is 36.5 Å². The first-order valence-corrected chi connectivity index (χ1v) is 7.55. The number of thiazole rings is 1. The number of hydrogen-bond acceptors (Lipinski definition) is 4. The third-order valence-electron chi connectivity index (χ3n) is 3.55. The standard InChI is InChI=1S/C14H16ClN3S.ClH/c15-13-6-17-14(19-13)9-18-7-11(12(16)8-18)10-4-2-1-3-5-10;/h1-6,11-12H,7-9,16H2;1H/t11-,12+;/m0./s1. The van der Waals surface area contributed by atoms with Crippen LogP contribution in [0.1, 0.15) is 16.5 Å². The molecule has 20 heavy (non-hydrogen) atoms. The maximum absolute atomic E-state index is 6.28. The summed E-state index contributed by atoms with van der Waals surface area (Å²) in [5, 5.41) is 1.06. The normalized spacial score (nSPS) is 22.7. The van der Waals surface area contributed by atoms with Gasteiger partial charge in [0.15, 0.2) is 0 Å². The Morgan fingerprint density at radius 1 is 1.30 bits per heavy atom. The lowest BCUT2D eigenvalue weighted by Gasteiger charge is -2.14. The second-order valence-corrected chi connectivity index (χ2v) is 6.68. The fourth-order valence-electron chi connectivity index (χ4n) is 2.65. The zero-order valence-corrected chi connectivity index (χ0v) is 13.3. The van der Waals surface area contributed by atoms with E-state index < -0.39 is 0 Å². The van der Waals surface area contributed by atoms with Crippen LogP contribution >= 0.6 is 35.3 Å². The Morgan fingerprint density at radius 3 is 2.70 bits per heavy atom. The maximum Gasteiger partial charge on any atom is 0.113 e. The number of halogens is 2. The number of nitrogens with zero attached hydrogens (tertiary/aromatic N) is 2. The molecule has 108 valence electrons. The predicted octanol–water partition coefficient (Wildman–Crippen LogP) is 3.15. The van der Waals surface area contributed by atoms with Gasteiger partial charge >= 0.3 is 0 Å². The van der Waals surface area contributed by atoms with Crippen LogP contribution in [0.5, 0.6) is 0 Å². The van der Waals surface area contributed by atoms with Crippen molar-refractivity contribution in [2.75, 3.05) is 13.1 Å². The van der Waals surface area contributed by atoms with Gasteiger partial charge in [-0.25, -0.2) is 4.98 Å². The van der Waals surface area contributed by atoms with Crippen molar-refractivity contribution in [1.82, 2.24) is 9.88 Å². The summed E-state index contributed by atoms with van der Waals surface area (Å²) in [6.45, 7) is 2.74. The van der Waals surface area contributed by atoms with E-state index in [1.807, 2.05) is 6.07 Å². The lowest BCUT2D eigenvalue weighted by atomic mass is 9.95. The van der Waals surface area contributed by atoms with Crippen LogP contribution < -0.4 is 5.73 Å². The number of rotatable bonds is 3. The Kier molecular flexibility index (Phi) is 5.41. The highest BCUT2D eigenvalue weighted by atomic mass is 35.5. The predicted molar refractivity (Wildman–Crippen MR) is 86.8 cm³/mol. The van der Waals surface area contributed by atoms with E-state index in [2.05, 4.69) is 34.1 Å². The monoisotopic (exact) mass is 329 g/mol. The van der Waals surface area contributed by atoms with Crippen LogP contribution in [0.4, 0.5) is 0 Å². The summed E-state index contributed by atoms with van der Waals surface area (Å²) in [5.41, 5.74) is 7.60. The molecule has 0 aliphatic carbocycles. The Hall–Kier alpha value is -0.650. The molecule has 1 aliphatic heterocycles. The van der Waals surface area contributed by atoms with Gasteiger partial charge in [0, 0.05) is 25.0 Å². The first kappa shape index (κ1) is 15.7. The fourth-order valence-corrected chi connectivity index (χ4v) is 3.65. The molecule has 6 heteroatoms. The lowest BCUT2D eigenvalue weighted by Crippen LogP contribution is -2.28. The molecule has 0 unspecified atom stereocenters. The summed E-state index contributed by atoms with van der Waals surface area (Å²) in [7, 11) is 0. The van der Waals surface area contributed by atoms with Crippen molar-refractivity contribution in [3.8, 4) is 0 Å². The number of aromatic nitrogens is 1. The topological polar surface area (TPSA) is 42.1 Å². The van der Waals surface area contributed by atoms with Crippen molar-refractivity contribution < 1.29 is 0 Å². The molecule has 3 nitrogen and oxygen atoms in total. The van der Waals surface area contributed by atoms with E-state index in [0.717, 1.165) is 29.0 Å². The van der Waals surface area contributed by atoms with E-state index in [1.54, 1.807) is 17.5 Å². The molecule has 2 aromatic rings. The second kappa shape index (κ2) is 6.87. The molecule has 0 amide bonds. The molecule has 2 N–H and O–H groups in total. The summed E-state index contributed by atoms with van der Waals surface area (Å²) >= 11 is 7.46. The van der Waals surface area contributed by atoms with Crippen LogP contribution in [0.3, 0.4) is 0 Å². The van der Waals surface area contributed by atoms with E-state index in [4.69, 9.17) is 17.3 Å². The van der Waals surface area contributed by atoms with E-state index in [9.17, 15) is 0 Å². The minimum absolute atomic E-state index is 0. The third-order valence-corrected chi connectivity index (χ3v) is 4.65. The number of nitrogens with two attached hydrogens (primary N) is 1. The maximum atomic E-state index is 6.28. The molecule has 1 aliphatic rings. The average molecular weight is 330 g/mol. The number of likely N-dealkylation sites (tertiary alicyclic amines) is 1. The van der Waals surface area contributed by atoms with E-state index in [-0.39, 0.29) is 18.4 Å². The van der Waals surface area contributed by atoms with Crippen LogP contribution in [-0.4, -0.2) is 29.0 Å². The molecule has 0 bridgehead atoms. The smallest absolute Gasteiger partial charge is 0.113 e. The van der Waals surface area contributed by atoms with E-state index in [0.29, 0.717) is 5.92 Å². The van der Waals surface area contributed by atoms with Crippen molar-refractivity contribution in [2.45, 2.75) is 18.5 Å². The highest BCUT2D eigenvalue weighted by Crippen LogP contribution is 2.28. The van der Waals surface area contributed by atoms with Gasteiger partial charge in [-0.1, -0.05) is 41.9 Å². The molecular weight excluding hydrogens is 313 g/mol. The lowest BCUT2D eigenvalue weighted by molar-refractivity contribution is 0.323. The van der Waals surface area contributed by atoms with Gasteiger partial charge in [0.1, 0.15) is 9.34 Å². The van der Waals surface area contributed by atoms with Crippen LogP contribution in [-0.2, 0) is 6.54 Å². The van der Waals surface area contributed by atoms with Gasteiger partial charge in [-0.15, -0.1) is 23.7 Å². The van der Waals surface area contributed by atoms with Crippen molar-refractivity contribution in [1.29, 1.82) is 0 Å². The van der Waals surface area contributed by atoms with Gasteiger partial charge in [-0.3, -0.25) is 4.90 Å². The van der Waals surface area contributed by atoms with E-state index >= 15 is 0 Å². The van der Waals surface area contributed by atoms with Crippen LogP contribution in [0.25, 0.3) is 0 Å². The highest BCUT2D eigenvalue weighted by molar-refractivity contribution is 7.15. The van der Waals surface area contributed by atoms with Crippen LogP contribution in [0, 0.1) is 0 Å². The first-order chi connectivity index (χ1) is 9.22. The third kappa shape index (κ3) is 3.51. The van der Waals surface area contributed by atoms with Gasteiger partial charge in [-0.05, 0) is 5.56 Å². The van der Waals surface area contributed by atoms with E-state index in [1.165, 1.54) is 5.56 Å². The molecule has 0 radical (unpaired) electrons. The summed E-state index contributed by atoms with van der Waals surface area (Å²) in [6.07, 6.45) is 1.71. The highest BCUT2D eigenvalue weighted by Gasteiger charge is 2.31. The molecule has 1 aromatic heterocycles. The summed E-state index contributed by atoms with van der Waals surface area (Å²) < 4.78 is 0.748. The van der Waals surface area contributed by atoms with Gasteiger partial charge in [0.05, 0.1) is 12.7 Å². The molecule has 1 aromatic carbocycles. The first-order valence-electron chi connectivity index (χ1n) is 6.35. The Balaban J connectivity index is 0.00000147. The zero-order chi connectivity index (χ0) is 13.2. The van der Waals surface area contributed by atoms with Crippen molar-refractivity contribution >= 4 is 35.3 Å². The minimum atomic E-state index is 0. The SMILES string of the molecule is Cl.N[C@@H]1CN(Cc2ncc(Cl)s2)C[C@H]1c1ccccc1. The second-order valence-electron chi connectivity index (χ2n) is 4.93. The molecule has 1 fully saturated rings. The Labute approximate surface area is 134 Å². The average Bonchev–Trinajstić information content (AvgIpc) is 2.97. The fraction of sp³-hybridized carbons (Fsp3) is 0.357. The van der Waals surface area contributed by atoms with Crippen molar-refractivity contribution in [2.24, 2.45) is 5.73 Å².